The fourth-order valence-electron chi connectivity index (χ4n) is 3.88. The number of amides is 1. The van der Waals surface area contributed by atoms with E-state index < -0.39 is 5.97 Å². The lowest BCUT2D eigenvalue weighted by Crippen LogP contribution is -2.28. The van der Waals surface area contributed by atoms with E-state index in [1.807, 2.05) is 25.1 Å². The number of aromatic carboxylic acids is 1. The number of anilines is 2. The van der Waals surface area contributed by atoms with Crippen LogP contribution in [0, 0.1) is 6.92 Å². The second kappa shape index (κ2) is 7.86. The molecule has 33 heavy (non-hydrogen) atoms. The van der Waals surface area contributed by atoms with Gasteiger partial charge in [0.15, 0.2) is 5.71 Å². The lowest BCUT2D eigenvalue weighted by Gasteiger charge is -2.21. The summed E-state index contributed by atoms with van der Waals surface area (Å²) >= 11 is 1.07. The van der Waals surface area contributed by atoms with Crippen LogP contribution in [0.15, 0.2) is 52.7 Å². The van der Waals surface area contributed by atoms with E-state index in [-0.39, 0.29) is 22.2 Å². The molecule has 0 radical (unpaired) electrons. The van der Waals surface area contributed by atoms with Crippen LogP contribution in [-0.2, 0) is 17.6 Å². The Morgan fingerprint density at radius 3 is 2.58 bits per heavy atom. The first-order valence-electron chi connectivity index (χ1n) is 10.3. The number of fused-ring (bicyclic) bond motifs is 1. The molecule has 166 valence electrons. The standard InChI is InChI=1S/C24H20N4O4S/c1-12-9-17(19-7-8-20(33-19)24(31)32)22(29)18(10-12)25-26-21-13(2)27-28(23(21)30)16-6-5-14-3-4-15(14)11-16/h5-11,25,29H,3-4H2,1-2H3,(H,31,32). The van der Waals surface area contributed by atoms with Crippen LogP contribution in [0.2, 0.25) is 0 Å². The lowest BCUT2D eigenvalue weighted by atomic mass is 9.88. The quantitative estimate of drug-likeness (QED) is 0.385. The summed E-state index contributed by atoms with van der Waals surface area (Å²) in [5, 5.41) is 30.0. The van der Waals surface area contributed by atoms with Gasteiger partial charge in [0, 0.05) is 10.4 Å². The molecule has 0 atom stereocenters. The van der Waals surface area contributed by atoms with Crippen molar-refractivity contribution in [3.63, 3.8) is 0 Å². The van der Waals surface area contributed by atoms with Gasteiger partial charge in [-0.05, 0) is 79.8 Å². The van der Waals surface area contributed by atoms with Gasteiger partial charge in [-0.1, -0.05) is 6.07 Å². The van der Waals surface area contributed by atoms with Gasteiger partial charge in [-0.3, -0.25) is 10.2 Å². The van der Waals surface area contributed by atoms with Crippen LogP contribution in [0.25, 0.3) is 10.4 Å². The van der Waals surface area contributed by atoms with Crippen LogP contribution in [0.4, 0.5) is 11.4 Å². The highest BCUT2D eigenvalue weighted by atomic mass is 32.1. The highest BCUT2D eigenvalue weighted by Crippen LogP contribution is 2.40. The Kier molecular flexibility index (Phi) is 4.98. The molecule has 1 amide bonds. The summed E-state index contributed by atoms with van der Waals surface area (Å²) in [5.74, 6) is -1.45. The van der Waals surface area contributed by atoms with Gasteiger partial charge >= 0.3 is 11.9 Å². The van der Waals surface area contributed by atoms with Crippen molar-refractivity contribution < 1.29 is 19.8 Å². The SMILES string of the molecule is CC1=NN(c2ccc3c(c2)CC3)C(=O)C1=NNc1cc(C)cc(-c2ccc(C(=O)O)s2)c1O. The second-order valence-electron chi connectivity index (χ2n) is 8.01. The van der Waals surface area contributed by atoms with E-state index in [2.05, 4.69) is 15.6 Å². The molecule has 0 bridgehead atoms. The molecule has 3 aromatic rings. The number of nitrogens with one attached hydrogen (secondary N) is 1. The van der Waals surface area contributed by atoms with Crippen molar-refractivity contribution in [2.24, 2.45) is 10.2 Å². The number of phenolic OH excluding ortho intramolecular Hbond substituents is 1. The van der Waals surface area contributed by atoms with Gasteiger partial charge in [-0.25, -0.2) is 4.79 Å². The summed E-state index contributed by atoms with van der Waals surface area (Å²) < 4.78 is 0. The van der Waals surface area contributed by atoms with Crippen LogP contribution in [0.5, 0.6) is 5.75 Å². The van der Waals surface area contributed by atoms with Gasteiger partial charge in [0.25, 0.3) is 0 Å². The molecule has 1 aliphatic heterocycles. The Labute approximate surface area is 193 Å². The summed E-state index contributed by atoms with van der Waals surface area (Å²) in [6.07, 6.45) is 2.07. The van der Waals surface area contributed by atoms with Crippen molar-refractivity contribution in [2.75, 3.05) is 10.4 Å². The summed E-state index contributed by atoms with van der Waals surface area (Å²) in [4.78, 5) is 25.0. The zero-order valence-electron chi connectivity index (χ0n) is 17.9. The van der Waals surface area contributed by atoms with Gasteiger partial charge in [0.05, 0.1) is 17.1 Å². The maximum absolute atomic E-state index is 13.0. The molecule has 0 spiro atoms. The highest BCUT2D eigenvalue weighted by Gasteiger charge is 2.31. The number of nitrogens with zero attached hydrogens (tertiary/aromatic N) is 3. The third-order valence-corrected chi connectivity index (χ3v) is 6.82. The van der Waals surface area contributed by atoms with E-state index in [4.69, 9.17) is 0 Å². The number of rotatable bonds is 5. The number of carbonyl (C=O) groups excluding carboxylic acids is 1. The second-order valence-corrected chi connectivity index (χ2v) is 9.09. The molecular weight excluding hydrogens is 440 g/mol. The van der Waals surface area contributed by atoms with Crippen LogP contribution in [-0.4, -0.2) is 33.5 Å². The number of hydrazone groups is 2. The average Bonchev–Trinajstić information content (AvgIpc) is 3.35. The number of thiophene rings is 1. The van der Waals surface area contributed by atoms with E-state index in [1.165, 1.54) is 22.2 Å². The maximum atomic E-state index is 13.0. The van der Waals surface area contributed by atoms with Crippen molar-refractivity contribution in [3.05, 3.63) is 64.0 Å². The number of carboxylic acid groups (broad SMARTS) is 1. The molecule has 0 unspecified atom stereocenters. The highest BCUT2D eigenvalue weighted by molar-refractivity contribution is 7.17. The van der Waals surface area contributed by atoms with Crippen LogP contribution in [0.1, 0.15) is 33.3 Å². The van der Waals surface area contributed by atoms with Gasteiger partial charge in [0.1, 0.15) is 10.6 Å². The molecule has 0 fully saturated rings. The summed E-state index contributed by atoms with van der Waals surface area (Å²) in [6, 6.07) is 12.5. The van der Waals surface area contributed by atoms with Crippen LogP contribution >= 0.6 is 11.3 Å². The van der Waals surface area contributed by atoms with E-state index in [0.717, 1.165) is 29.7 Å². The van der Waals surface area contributed by atoms with Crippen molar-refractivity contribution in [1.29, 1.82) is 0 Å². The zero-order valence-corrected chi connectivity index (χ0v) is 18.7. The molecule has 0 saturated heterocycles. The van der Waals surface area contributed by atoms with Crippen molar-refractivity contribution in [3.8, 4) is 16.2 Å². The smallest absolute Gasteiger partial charge is 0.345 e. The van der Waals surface area contributed by atoms with E-state index in [0.29, 0.717) is 27.5 Å². The predicted octanol–water partition coefficient (Wildman–Crippen LogP) is 4.42. The first-order chi connectivity index (χ1) is 15.8. The molecule has 1 aromatic heterocycles. The Bertz CT molecular complexity index is 1390. The average molecular weight is 461 g/mol. The maximum Gasteiger partial charge on any atom is 0.345 e. The van der Waals surface area contributed by atoms with Gasteiger partial charge in [0.2, 0.25) is 0 Å². The third-order valence-electron chi connectivity index (χ3n) is 5.71. The Hall–Kier alpha value is -3.98. The number of aryl methyl sites for hydroxylation is 3. The Balaban J connectivity index is 1.42. The number of phenols is 1. The molecule has 2 aromatic carbocycles. The number of benzene rings is 2. The minimum absolute atomic E-state index is 0.0806. The summed E-state index contributed by atoms with van der Waals surface area (Å²) in [5.41, 5.74) is 8.29. The van der Waals surface area contributed by atoms with Crippen LogP contribution < -0.4 is 10.4 Å². The van der Waals surface area contributed by atoms with Crippen molar-refractivity contribution >= 4 is 46.0 Å². The van der Waals surface area contributed by atoms with Gasteiger partial charge in [-0.15, -0.1) is 11.3 Å². The lowest BCUT2D eigenvalue weighted by molar-refractivity contribution is -0.112. The summed E-state index contributed by atoms with van der Waals surface area (Å²) in [6.45, 7) is 3.56. The number of hydrogen-bond acceptors (Lipinski definition) is 7. The van der Waals surface area contributed by atoms with Crippen molar-refractivity contribution in [2.45, 2.75) is 26.7 Å². The Morgan fingerprint density at radius 2 is 1.91 bits per heavy atom. The number of hydrogen-bond donors (Lipinski definition) is 3. The predicted molar refractivity (Wildman–Crippen MR) is 129 cm³/mol. The fraction of sp³-hybridized carbons (Fsp3) is 0.167. The number of carboxylic acids is 1. The first kappa shape index (κ1) is 20.9. The van der Waals surface area contributed by atoms with E-state index >= 15 is 0 Å². The Morgan fingerprint density at radius 1 is 1.12 bits per heavy atom. The monoisotopic (exact) mass is 460 g/mol. The first-order valence-corrected chi connectivity index (χ1v) is 11.2. The molecule has 1 aliphatic carbocycles. The van der Waals surface area contributed by atoms with Crippen molar-refractivity contribution in [1.82, 2.24) is 0 Å². The van der Waals surface area contributed by atoms with Gasteiger partial charge < -0.3 is 10.2 Å². The third kappa shape index (κ3) is 3.66. The molecular formula is C24H20N4O4S. The zero-order chi connectivity index (χ0) is 23.3. The largest absolute Gasteiger partial charge is 0.505 e. The topological polar surface area (TPSA) is 115 Å². The van der Waals surface area contributed by atoms with Crippen LogP contribution in [0.3, 0.4) is 0 Å². The molecule has 2 aliphatic rings. The molecule has 5 rings (SSSR count). The molecule has 9 heteroatoms. The number of aromatic hydroxyl groups is 1. The van der Waals surface area contributed by atoms with Gasteiger partial charge in [-0.2, -0.15) is 15.2 Å². The molecule has 8 nitrogen and oxygen atoms in total. The number of carbonyl (C=O) groups is 2. The minimum Gasteiger partial charge on any atom is -0.505 e. The van der Waals surface area contributed by atoms with E-state index in [9.17, 15) is 19.8 Å². The van der Waals surface area contributed by atoms with E-state index in [1.54, 1.807) is 25.1 Å². The molecule has 2 heterocycles. The normalized spacial score (nSPS) is 15.9. The molecule has 3 N–H and O–H groups in total. The summed E-state index contributed by atoms with van der Waals surface area (Å²) in [7, 11) is 0. The fourth-order valence-corrected chi connectivity index (χ4v) is 4.74. The minimum atomic E-state index is -1.02. The molecule has 0 saturated carbocycles.